The molecule has 2 unspecified atom stereocenters. The van der Waals surface area contributed by atoms with Gasteiger partial charge >= 0.3 is 5.97 Å². The van der Waals surface area contributed by atoms with E-state index in [0.717, 1.165) is 51.4 Å². The zero-order valence-electron chi connectivity index (χ0n) is 51.3. The third kappa shape index (κ3) is 61.3. The number of hydrogen-bond acceptors (Lipinski definition) is 5. The molecule has 76 heavy (non-hydrogen) atoms. The smallest absolute Gasteiger partial charge is 0.305 e. The van der Waals surface area contributed by atoms with Crippen LogP contribution in [0.1, 0.15) is 373 Å². The van der Waals surface area contributed by atoms with Crippen LogP contribution in [0, 0.1) is 0 Å². The predicted molar refractivity (Wildman–Crippen MR) is 333 cm³/mol. The van der Waals surface area contributed by atoms with E-state index in [0.29, 0.717) is 19.4 Å². The van der Waals surface area contributed by atoms with E-state index in [2.05, 4.69) is 43.5 Å². The van der Waals surface area contributed by atoms with Crippen molar-refractivity contribution in [1.82, 2.24) is 5.32 Å². The van der Waals surface area contributed by atoms with Crippen molar-refractivity contribution in [1.29, 1.82) is 0 Å². The van der Waals surface area contributed by atoms with Gasteiger partial charge in [-0.2, -0.15) is 0 Å². The molecule has 0 aromatic heterocycles. The van der Waals surface area contributed by atoms with Crippen molar-refractivity contribution in [3.05, 3.63) is 36.5 Å². The van der Waals surface area contributed by atoms with Crippen LogP contribution in [-0.4, -0.2) is 47.4 Å². The standard InChI is InChI=1S/C70H133NO5/c1-3-5-7-9-11-13-15-17-19-20-28-32-36-40-44-48-52-56-60-64-70(75)76-65-61-57-53-49-45-41-37-33-30-27-25-23-21-22-24-26-29-31-35-39-43-47-51-55-59-63-69(74)71-67(66-72)68(73)62-58-54-50-46-42-38-34-18-16-14-12-10-8-6-4-2/h11,13,17,19,58,62,67-68,72-73H,3-10,12,14-16,18,20-57,59-61,63-66H2,1-2H3,(H,71,74)/b13-11-,19-17-,62-58+. The van der Waals surface area contributed by atoms with Gasteiger partial charge in [0.05, 0.1) is 25.4 Å². The van der Waals surface area contributed by atoms with Gasteiger partial charge in [-0.05, 0) is 64.2 Å². The maximum atomic E-state index is 12.5. The topological polar surface area (TPSA) is 95.9 Å². The summed E-state index contributed by atoms with van der Waals surface area (Å²) >= 11 is 0. The zero-order valence-corrected chi connectivity index (χ0v) is 51.3. The number of hydrogen-bond donors (Lipinski definition) is 3. The third-order valence-electron chi connectivity index (χ3n) is 15.9. The average Bonchev–Trinajstić information content (AvgIpc) is 3.42. The van der Waals surface area contributed by atoms with Crippen LogP contribution in [0.5, 0.6) is 0 Å². The largest absolute Gasteiger partial charge is 0.466 e. The van der Waals surface area contributed by atoms with Crippen LogP contribution < -0.4 is 5.32 Å². The Bertz CT molecular complexity index is 1230. The number of unbranched alkanes of at least 4 members (excludes halogenated alkanes) is 49. The highest BCUT2D eigenvalue weighted by molar-refractivity contribution is 5.76. The Morgan fingerprint density at radius 3 is 1.03 bits per heavy atom. The van der Waals surface area contributed by atoms with Gasteiger partial charge in [-0.15, -0.1) is 0 Å². The molecule has 0 saturated heterocycles. The lowest BCUT2D eigenvalue weighted by atomic mass is 10.0. The Labute approximate surface area is 474 Å². The van der Waals surface area contributed by atoms with Crippen molar-refractivity contribution in [3.8, 4) is 0 Å². The Morgan fingerprint density at radius 1 is 0.368 bits per heavy atom. The van der Waals surface area contributed by atoms with E-state index >= 15 is 0 Å². The maximum Gasteiger partial charge on any atom is 0.305 e. The average molecular weight is 1070 g/mol. The van der Waals surface area contributed by atoms with E-state index in [1.807, 2.05) is 6.08 Å². The quantitative estimate of drug-likeness (QED) is 0.0320. The summed E-state index contributed by atoms with van der Waals surface area (Å²) in [6.45, 7) is 4.90. The summed E-state index contributed by atoms with van der Waals surface area (Å²) in [5, 5.41) is 23.2. The number of ether oxygens (including phenoxy) is 1. The number of rotatable bonds is 64. The van der Waals surface area contributed by atoms with Crippen molar-refractivity contribution < 1.29 is 24.5 Å². The number of carbonyl (C=O) groups excluding carboxylic acids is 2. The van der Waals surface area contributed by atoms with Gasteiger partial charge in [0.25, 0.3) is 0 Å². The molecule has 0 saturated carbocycles. The summed E-state index contributed by atoms with van der Waals surface area (Å²) in [6, 6.07) is -0.626. The molecule has 0 aromatic rings. The molecular formula is C70H133NO5. The summed E-state index contributed by atoms with van der Waals surface area (Å²) in [5.74, 6) is -0.0518. The van der Waals surface area contributed by atoms with E-state index in [-0.39, 0.29) is 18.5 Å². The highest BCUT2D eigenvalue weighted by atomic mass is 16.5. The van der Waals surface area contributed by atoms with Gasteiger partial charge in [-0.25, -0.2) is 0 Å². The summed E-state index contributed by atoms with van der Waals surface area (Å²) in [7, 11) is 0. The SMILES string of the molecule is CCCCC/C=C\C/C=C\CCCCCCCCCCCC(=O)OCCCCCCCCCCCCCCCCCCCCCCCCCCCC(=O)NC(CO)C(O)/C=C/CCCCCCCCCCCCCCC. The Morgan fingerprint density at radius 2 is 0.658 bits per heavy atom. The van der Waals surface area contributed by atoms with Crippen molar-refractivity contribution in [2.75, 3.05) is 13.2 Å². The molecule has 0 aliphatic rings. The molecule has 0 heterocycles. The normalized spacial score (nSPS) is 12.7. The number of allylic oxidation sites excluding steroid dienone is 5. The second kappa shape index (κ2) is 65.6. The van der Waals surface area contributed by atoms with Gasteiger partial charge < -0.3 is 20.3 Å². The molecule has 6 nitrogen and oxygen atoms in total. The lowest BCUT2D eigenvalue weighted by Crippen LogP contribution is -2.45. The van der Waals surface area contributed by atoms with Gasteiger partial charge in [-0.3, -0.25) is 9.59 Å². The van der Waals surface area contributed by atoms with E-state index in [4.69, 9.17) is 4.74 Å². The van der Waals surface area contributed by atoms with E-state index in [1.54, 1.807) is 6.08 Å². The molecule has 0 bridgehead atoms. The number of aliphatic hydroxyl groups excluding tert-OH is 2. The molecule has 0 spiro atoms. The second-order valence-electron chi connectivity index (χ2n) is 23.5. The molecule has 0 rings (SSSR count). The van der Waals surface area contributed by atoms with Gasteiger partial charge in [0.15, 0.2) is 0 Å². The number of carbonyl (C=O) groups is 2. The number of amides is 1. The first kappa shape index (κ1) is 74.1. The fraction of sp³-hybridized carbons (Fsp3) is 0.886. The zero-order chi connectivity index (χ0) is 55.0. The first-order chi connectivity index (χ1) is 37.5. The minimum absolute atomic E-state index is 0.0125. The number of nitrogens with one attached hydrogen (secondary N) is 1. The van der Waals surface area contributed by atoms with E-state index in [1.165, 1.54) is 295 Å². The summed E-state index contributed by atoms with van der Waals surface area (Å²) in [5.41, 5.74) is 0. The maximum absolute atomic E-state index is 12.5. The molecule has 3 N–H and O–H groups in total. The van der Waals surface area contributed by atoms with Crippen LogP contribution in [0.15, 0.2) is 36.5 Å². The van der Waals surface area contributed by atoms with Crippen LogP contribution in [0.25, 0.3) is 0 Å². The monoisotopic (exact) mass is 1070 g/mol. The van der Waals surface area contributed by atoms with Crippen molar-refractivity contribution in [3.63, 3.8) is 0 Å². The third-order valence-corrected chi connectivity index (χ3v) is 15.9. The Hall–Kier alpha value is -1.92. The molecule has 1 amide bonds. The minimum atomic E-state index is -0.843. The fourth-order valence-corrected chi connectivity index (χ4v) is 10.7. The number of esters is 1. The highest BCUT2D eigenvalue weighted by Crippen LogP contribution is 2.18. The van der Waals surface area contributed by atoms with Crippen LogP contribution in [0.2, 0.25) is 0 Å². The van der Waals surface area contributed by atoms with Gasteiger partial charge in [0.2, 0.25) is 5.91 Å². The molecule has 448 valence electrons. The first-order valence-electron chi connectivity index (χ1n) is 34.3. The molecular weight excluding hydrogens is 935 g/mol. The van der Waals surface area contributed by atoms with Crippen LogP contribution in [0.4, 0.5) is 0 Å². The van der Waals surface area contributed by atoms with Gasteiger partial charge in [0, 0.05) is 12.8 Å². The summed E-state index contributed by atoms with van der Waals surface area (Å²) in [6.07, 6.45) is 83.5. The van der Waals surface area contributed by atoms with Crippen molar-refractivity contribution in [2.24, 2.45) is 0 Å². The van der Waals surface area contributed by atoms with Gasteiger partial charge in [-0.1, -0.05) is 333 Å². The molecule has 2 atom stereocenters. The highest BCUT2D eigenvalue weighted by Gasteiger charge is 2.18. The van der Waals surface area contributed by atoms with Crippen LogP contribution in [0.3, 0.4) is 0 Å². The molecule has 0 aromatic carbocycles. The Balaban J connectivity index is 3.36. The summed E-state index contributed by atoms with van der Waals surface area (Å²) in [4.78, 5) is 24.6. The first-order valence-corrected chi connectivity index (χ1v) is 34.3. The molecule has 0 fully saturated rings. The Kier molecular flexibility index (Phi) is 63.9. The van der Waals surface area contributed by atoms with Crippen molar-refractivity contribution in [2.45, 2.75) is 386 Å². The molecule has 6 heteroatoms. The lowest BCUT2D eigenvalue weighted by Gasteiger charge is -2.20. The van der Waals surface area contributed by atoms with E-state index < -0.39 is 12.1 Å². The van der Waals surface area contributed by atoms with Crippen LogP contribution >= 0.6 is 0 Å². The summed E-state index contributed by atoms with van der Waals surface area (Å²) < 4.78 is 5.51. The molecule has 0 radical (unpaired) electrons. The molecule has 0 aliphatic heterocycles. The number of aliphatic hydroxyl groups is 2. The van der Waals surface area contributed by atoms with Crippen LogP contribution in [-0.2, 0) is 14.3 Å². The van der Waals surface area contributed by atoms with Gasteiger partial charge in [0.1, 0.15) is 0 Å². The molecule has 0 aliphatic carbocycles. The second-order valence-corrected chi connectivity index (χ2v) is 23.5. The lowest BCUT2D eigenvalue weighted by molar-refractivity contribution is -0.143. The predicted octanol–water partition coefficient (Wildman–Crippen LogP) is 21.9. The van der Waals surface area contributed by atoms with E-state index in [9.17, 15) is 19.8 Å². The minimum Gasteiger partial charge on any atom is -0.466 e. The fourth-order valence-electron chi connectivity index (χ4n) is 10.7. The van der Waals surface area contributed by atoms with Crippen molar-refractivity contribution >= 4 is 11.9 Å².